The third-order valence-electron chi connectivity index (χ3n) is 5.12. The van der Waals surface area contributed by atoms with E-state index in [0.29, 0.717) is 0 Å². The van der Waals surface area contributed by atoms with Gasteiger partial charge in [0, 0.05) is 19.0 Å². The van der Waals surface area contributed by atoms with E-state index in [9.17, 15) is 5.11 Å². The number of aliphatic hydroxyl groups excluding tert-OH is 1. The van der Waals surface area contributed by atoms with Crippen LogP contribution in [0.3, 0.4) is 0 Å². The van der Waals surface area contributed by atoms with E-state index in [0.717, 1.165) is 47.2 Å². The maximum atomic E-state index is 10.9. The van der Waals surface area contributed by atoms with Crippen LogP contribution in [0.1, 0.15) is 43.2 Å². The molecule has 0 fully saturated rings. The number of fused-ring (bicyclic) bond motifs is 2. The summed E-state index contributed by atoms with van der Waals surface area (Å²) >= 11 is 0. The Morgan fingerprint density at radius 3 is 2.60 bits per heavy atom. The molecule has 4 rings (SSSR count). The number of benzene rings is 2. The molecule has 1 aromatic heterocycles. The second-order valence-corrected chi connectivity index (χ2v) is 7.84. The first-order valence-corrected chi connectivity index (χ1v) is 8.96. The number of aliphatic hydroxyl groups is 1. The molecule has 1 aliphatic carbocycles. The molecule has 0 spiro atoms. The molecule has 0 amide bonds. The van der Waals surface area contributed by atoms with Crippen molar-refractivity contribution in [2.75, 3.05) is 5.32 Å². The van der Waals surface area contributed by atoms with Crippen molar-refractivity contribution in [2.45, 2.75) is 39.3 Å². The first-order chi connectivity index (χ1) is 12.0. The number of para-hydroxylation sites is 1. The van der Waals surface area contributed by atoms with Crippen molar-refractivity contribution < 1.29 is 10.1 Å². The summed E-state index contributed by atoms with van der Waals surface area (Å²) in [5.41, 5.74) is 5.70. The van der Waals surface area contributed by atoms with Gasteiger partial charge in [0.25, 0.3) is 0 Å². The third kappa shape index (κ3) is 3.12. The summed E-state index contributed by atoms with van der Waals surface area (Å²) in [4.78, 5) is 3.57. The number of nitrogens with one attached hydrogen (secondary N) is 2. The first kappa shape index (κ1) is 16.1. The van der Waals surface area contributed by atoms with Crippen molar-refractivity contribution >= 4 is 16.6 Å². The van der Waals surface area contributed by atoms with Crippen LogP contribution in [0, 0.1) is 5.41 Å². The van der Waals surface area contributed by atoms with Gasteiger partial charge in [0.15, 0.2) is 5.69 Å². The van der Waals surface area contributed by atoms with Crippen LogP contribution in [0.5, 0.6) is 0 Å². The van der Waals surface area contributed by atoms with Gasteiger partial charge in [0.05, 0.1) is 22.7 Å². The Bertz CT molecular complexity index is 903. The SMILES string of the molecule is CC1(C)Cc2[nH+]c3ccccc3c(NCc3ccccc3)c2[C@@H](O)C1. The molecule has 3 N–H and O–H groups in total. The van der Waals surface area contributed by atoms with Crippen LogP contribution >= 0.6 is 0 Å². The second kappa shape index (κ2) is 6.16. The highest BCUT2D eigenvalue weighted by molar-refractivity contribution is 5.91. The molecular weight excluding hydrogens is 308 g/mol. The molecule has 0 saturated carbocycles. The minimum absolute atomic E-state index is 0.0993. The fourth-order valence-electron chi connectivity index (χ4n) is 4.00. The number of hydrogen-bond donors (Lipinski definition) is 2. The van der Waals surface area contributed by atoms with Crippen molar-refractivity contribution in [2.24, 2.45) is 5.41 Å². The molecule has 3 aromatic rings. The topological polar surface area (TPSA) is 46.4 Å². The highest BCUT2D eigenvalue weighted by Gasteiger charge is 2.37. The molecule has 0 unspecified atom stereocenters. The highest BCUT2D eigenvalue weighted by Crippen LogP contribution is 2.43. The molecule has 2 aromatic carbocycles. The molecule has 25 heavy (non-hydrogen) atoms. The van der Waals surface area contributed by atoms with Gasteiger partial charge in [0.1, 0.15) is 0 Å². The van der Waals surface area contributed by atoms with Crippen LogP contribution < -0.4 is 10.3 Å². The average molecular weight is 333 g/mol. The summed E-state index contributed by atoms with van der Waals surface area (Å²) in [6.07, 6.45) is 1.29. The van der Waals surface area contributed by atoms with E-state index in [-0.39, 0.29) is 5.41 Å². The van der Waals surface area contributed by atoms with Crippen LogP contribution in [0.2, 0.25) is 0 Å². The van der Waals surface area contributed by atoms with E-state index >= 15 is 0 Å². The summed E-state index contributed by atoms with van der Waals surface area (Å²) in [7, 11) is 0. The van der Waals surface area contributed by atoms with Gasteiger partial charge in [-0.25, -0.2) is 4.98 Å². The molecule has 1 aliphatic rings. The Morgan fingerprint density at radius 2 is 1.80 bits per heavy atom. The van der Waals surface area contributed by atoms with Gasteiger partial charge < -0.3 is 10.4 Å². The van der Waals surface area contributed by atoms with Crippen molar-refractivity contribution in [1.29, 1.82) is 0 Å². The Hall–Kier alpha value is -2.39. The molecule has 0 radical (unpaired) electrons. The number of H-pyrrole nitrogens is 1. The van der Waals surface area contributed by atoms with Gasteiger partial charge in [-0.15, -0.1) is 0 Å². The quantitative estimate of drug-likeness (QED) is 0.752. The molecule has 0 bridgehead atoms. The molecule has 3 nitrogen and oxygen atoms in total. The maximum Gasteiger partial charge on any atom is 0.213 e. The van der Waals surface area contributed by atoms with E-state index in [2.05, 4.69) is 72.7 Å². The van der Waals surface area contributed by atoms with Crippen molar-refractivity contribution in [3.05, 3.63) is 71.4 Å². The zero-order valence-electron chi connectivity index (χ0n) is 14.8. The number of hydrogen-bond acceptors (Lipinski definition) is 2. The fourth-order valence-corrected chi connectivity index (χ4v) is 4.00. The second-order valence-electron chi connectivity index (χ2n) is 7.84. The van der Waals surface area contributed by atoms with Gasteiger partial charge in [0.2, 0.25) is 5.52 Å². The van der Waals surface area contributed by atoms with Gasteiger partial charge >= 0.3 is 0 Å². The maximum absolute atomic E-state index is 10.9. The summed E-state index contributed by atoms with van der Waals surface area (Å²) in [6, 6.07) is 18.7. The summed E-state index contributed by atoms with van der Waals surface area (Å²) in [6.45, 7) is 5.19. The summed E-state index contributed by atoms with van der Waals surface area (Å²) in [5, 5.41) is 15.6. The summed E-state index contributed by atoms with van der Waals surface area (Å²) in [5.74, 6) is 0. The Kier molecular flexibility index (Phi) is 3.97. The van der Waals surface area contributed by atoms with Crippen LogP contribution in [0.4, 0.5) is 5.69 Å². The summed E-state index contributed by atoms with van der Waals surface area (Å²) < 4.78 is 0. The predicted octanol–water partition coefficient (Wildman–Crippen LogP) is 4.27. The van der Waals surface area contributed by atoms with Gasteiger partial charge in [-0.2, -0.15) is 0 Å². The third-order valence-corrected chi connectivity index (χ3v) is 5.12. The number of pyridine rings is 1. The number of aromatic amines is 1. The Morgan fingerprint density at radius 1 is 1.08 bits per heavy atom. The predicted molar refractivity (Wildman–Crippen MR) is 101 cm³/mol. The van der Waals surface area contributed by atoms with Gasteiger partial charge in [-0.05, 0) is 23.5 Å². The number of aromatic nitrogens is 1. The Balaban J connectivity index is 1.82. The lowest BCUT2D eigenvalue weighted by Crippen LogP contribution is -2.32. The van der Waals surface area contributed by atoms with Crippen LogP contribution in [0.25, 0.3) is 10.9 Å². The number of rotatable bonds is 3. The zero-order chi connectivity index (χ0) is 17.4. The smallest absolute Gasteiger partial charge is 0.213 e. The van der Waals surface area contributed by atoms with E-state index < -0.39 is 6.10 Å². The van der Waals surface area contributed by atoms with Crippen molar-refractivity contribution in [1.82, 2.24) is 0 Å². The lowest BCUT2D eigenvalue weighted by atomic mass is 9.74. The van der Waals surface area contributed by atoms with E-state index in [1.807, 2.05) is 6.07 Å². The van der Waals surface area contributed by atoms with E-state index in [4.69, 9.17) is 0 Å². The standard InChI is InChI=1S/C22H24N2O/c1-22(2)12-18-20(19(25)13-22)21(16-10-6-7-11-17(16)24-18)23-14-15-8-4-3-5-9-15/h3-11,19,25H,12-14H2,1-2H3,(H,23,24)/p+1/t19-/m0/s1. The van der Waals surface area contributed by atoms with Crippen LogP contribution in [0.15, 0.2) is 54.6 Å². The Labute approximate surface area is 148 Å². The van der Waals surface area contributed by atoms with Crippen LogP contribution in [-0.2, 0) is 13.0 Å². The van der Waals surface area contributed by atoms with Crippen LogP contribution in [-0.4, -0.2) is 5.11 Å². The zero-order valence-corrected chi connectivity index (χ0v) is 14.8. The molecule has 128 valence electrons. The van der Waals surface area contributed by atoms with E-state index in [1.54, 1.807) is 0 Å². The minimum atomic E-state index is -0.446. The first-order valence-electron chi connectivity index (χ1n) is 8.96. The lowest BCUT2D eigenvalue weighted by molar-refractivity contribution is -0.362. The van der Waals surface area contributed by atoms with Gasteiger partial charge in [-0.3, -0.25) is 0 Å². The molecule has 3 heteroatoms. The average Bonchev–Trinajstić information content (AvgIpc) is 2.58. The molecule has 1 heterocycles. The van der Waals surface area contributed by atoms with E-state index in [1.165, 1.54) is 5.56 Å². The largest absolute Gasteiger partial charge is 0.388 e. The normalized spacial score (nSPS) is 18.8. The fraction of sp³-hybridized carbons (Fsp3) is 0.318. The monoisotopic (exact) mass is 333 g/mol. The molecule has 0 aliphatic heterocycles. The molecular formula is C22H25N2O+. The lowest BCUT2D eigenvalue weighted by Gasteiger charge is -2.33. The number of anilines is 1. The van der Waals surface area contributed by atoms with Crippen molar-refractivity contribution in [3.8, 4) is 0 Å². The molecule has 0 saturated heterocycles. The van der Waals surface area contributed by atoms with Crippen molar-refractivity contribution in [3.63, 3.8) is 0 Å². The minimum Gasteiger partial charge on any atom is -0.388 e. The highest BCUT2D eigenvalue weighted by atomic mass is 16.3. The molecule has 1 atom stereocenters. The van der Waals surface area contributed by atoms with Gasteiger partial charge in [-0.1, -0.05) is 56.3 Å².